The smallest absolute Gasteiger partial charge is 0.358 e. The minimum Gasteiger partial charge on any atom is -0.448 e. The van der Waals surface area contributed by atoms with Gasteiger partial charge in [0.2, 0.25) is 0 Å². The second-order valence-electron chi connectivity index (χ2n) is 6.01. The third-order valence-electron chi connectivity index (χ3n) is 4.09. The minimum atomic E-state index is -0.955. The van der Waals surface area contributed by atoms with E-state index in [1.807, 2.05) is 37.3 Å². The van der Waals surface area contributed by atoms with Gasteiger partial charge in [-0.3, -0.25) is 4.79 Å². The molecule has 2 aromatic carbocycles. The zero-order valence-electron chi connectivity index (χ0n) is 15.5. The summed E-state index contributed by atoms with van der Waals surface area (Å²) in [4.78, 5) is 30.9. The van der Waals surface area contributed by atoms with Crippen LogP contribution >= 0.6 is 11.3 Å². The Morgan fingerprint density at radius 2 is 1.82 bits per heavy atom. The van der Waals surface area contributed by atoms with Gasteiger partial charge in [-0.2, -0.15) is 0 Å². The maximum Gasteiger partial charge on any atom is 0.358 e. The van der Waals surface area contributed by atoms with E-state index in [1.165, 1.54) is 23.5 Å². The van der Waals surface area contributed by atoms with Gasteiger partial charge in [0, 0.05) is 23.2 Å². The van der Waals surface area contributed by atoms with Crippen LogP contribution < -0.4 is 4.90 Å². The number of nitrogens with zero attached hydrogens (tertiary/aromatic N) is 2. The summed E-state index contributed by atoms with van der Waals surface area (Å²) >= 11 is 1.25. The summed E-state index contributed by atoms with van der Waals surface area (Å²) in [6, 6.07) is 15.0. The highest BCUT2D eigenvalue weighted by Crippen LogP contribution is 2.24. The quantitative estimate of drug-likeness (QED) is 0.572. The van der Waals surface area contributed by atoms with Gasteiger partial charge in [-0.15, -0.1) is 11.3 Å². The number of aromatic nitrogens is 1. The Morgan fingerprint density at radius 3 is 2.46 bits per heavy atom. The molecule has 1 heterocycles. The zero-order valence-corrected chi connectivity index (χ0v) is 16.3. The first-order chi connectivity index (χ1) is 13.5. The molecule has 1 atom stereocenters. The van der Waals surface area contributed by atoms with E-state index in [9.17, 15) is 14.0 Å². The topological polar surface area (TPSA) is 59.5 Å². The Labute approximate surface area is 166 Å². The van der Waals surface area contributed by atoms with E-state index in [0.717, 1.165) is 5.69 Å². The van der Waals surface area contributed by atoms with Crippen LogP contribution in [-0.2, 0) is 9.53 Å². The summed E-state index contributed by atoms with van der Waals surface area (Å²) in [6.07, 6.45) is -0.955. The third-order valence-corrected chi connectivity index (χ3v) is 4.98. The standard InChI is InChI=1S/C21H19FN2O3S/c1-3-24(17-7-5-4-6-8-17)20(25)14(2)27-21(26)18-13-28-19(23-18)15-9-11-16(22)12-10-15/h4-14H,3H2,1-2H3/t14-/m1/s1. The highest BCUT2D eigenvalue weighted by molar-refractivity contribution is 7.13. The molecule has 0 N–H and O–H groups in total. The highest BCUT2D eigenvalue weighted by Gasteiger charge is 2.25. The van der Waals surface area contributed by atoms with E-state index in [-0.39, 0.29) is 17.4 Å². The molecular weight excluding hydrogens is 379 g/mol. The Morgan fingerprint density at radius 1 is 1.14 bits per heavy atom. The van der Waals surface area contributed by atoms with Crippen molar-refractivity contribution < 1.29 is 18.7 Å². The number of rotatable bonds is 6. The molecule has 0 aliphatic carbocycles. The van der Waals surface area contributed by atoms with Gasteiger partial charge in [-0.05, 0) is 50.2 Å². The molecule has 3 aromatic rings. The molecule has 1 aromatic heterocycles. The molecule has 1 amide bonds. The number of carbonyl (C=O) groups is 2. The molecule has 0 aliphatic heterocycles. The van der Waals surface area contributed by atoms with Gasteiger partial charge in [0.05, 0.1) is 0 Å². The molecule has 28 heavy (non-hydrogen) atoms. The number of para-hydroxylation sites is 1. The fourth-order valence-corrected chi connectivity index (χ4v) is 3.45. The van der Waals surface area contributed by atoms with Crippen LogP contribution in [-0.4, -0.2) is 29.5 Å². The van der Waals surface area contributed by atoms with E-state index in [1.54, 1.807) is 29.3 Å². The highest BCUT2D eigenvalue weighted by atomic mass is 32.1. The third kappa shape index (κ3) is 4.43. The number of hydrogen-bond acceptors (Lipinski definition) is 5. The van der Waals surface area contributed by atoms with Crippen molar-refractivity contribution >= 4 is 28.9 Å². The lowest BCUT2D eigenvalue weighted by Crippen LogP contribution is -2.40. The second kappa shape index (κ2) is 8.75. The average Bonchev–Trinajstić information content (AvgIpc) is 3.20. The van der Waals surface area contributed by atoms with Crippen molar-refractivity contribution in [2.75, 3.05) is 11.4 Å². The fraction of sp³-hybridized carbons (Fsp3) is 0.190. The number of amides is 1. The van der Waals surface area contributed by atoms with E-state index in [4.69, 9.17) is 4.74 Å². The summed E-state index contributed by atoms with van der Waals surface area (Å²) in [5, 5.41) is 2.14. The number of esters is 1. The van der Waals surface area contributed by atoms with Crippen LogP contribution in [0.3, 0.4) is 0 Å². The Balaban J connectivity index is 1.68. The molecule has 0 unspecified atom stereocenters. The van der Waals surface area contributed by atoms with E-state index < -0.39 is 12.1 Å². The van der Waals surface area contributed by atoms with Gasteiger partial charge >= 0.3 is 5.97 Å². The summed E-state index contributed by atoms with van der Waals surface area (Å²) in [6.45, 7) is 3.85. The molecule has 0 radical (unpaired) electrons. The van der Waals surface area contributed by atoms with Gasteiger partial charge in [-0.1, -0.05) is 18.2 Å². The lowest BCUT2D eigenvalue weighted by molar-refractivity contribution is -0.126. The van der Waals surface area contributed by atoms with Gasteiger partial charge in [-0.25, -0.2) is 14.2 Å². The van der Waals surface area contributed by atoms with Gasteiger partial charge in [0.1, 0.15) is 10.8 Å². The first-order valence-electron chi connectivity index (χ1n) is 8.78. The molecule has 7 heteroatoms. The van der Waals surface area contributed by atoms with Crippen molar-refractivity contribution in [3.63, 3.8) is 0 Å². The van der Waals surface area contributed by atoms with Crippen molar-refractivity contribution in [3.05, 3.63) is 71.5 Å². The van der Waals surface area contributed by atoms with Crippen molar-refractivity contribution in [3.8, 4) is 10.6 Å². The average molecular weight is 398 g/mol. The number of anilines is 1. The van der Waals surface area contributed by atoms with E-state index in [2.05, 4.69) is 4.98 Å². The first kappa shape index (κ1) is 19.7. The maximum absolute atomic E-state index is 13.0. The molecule has 0 aliphatic rings. The van der Waals surface area contributed by atoms with Crippen molar-refractivity contribution in [1.29, 1.82) is 0 Å². The number of ether oxygens (including phenoxy) is 1. The van der Waals surface area contributed by atoms with Crippen LogP contribution in [0.2, 0.25) is 0 Å². The lowest BCUT2D eigenvalue weighted by Gasteiger charge is -2.24. The van der Waals surface area contributed by atoms with Crippen LogP contribution in [0.25, 0.3) is 10.6 Å². The maximum atomic E-state index is 13.0. The van der Waals surface area contributed by atoms with Gasteiger partial charge < -0.3 is 9.64 Å². The van der Waals surface area contributed by atoms with Crippen LogP contribution in [0.5, 0.6) is 0 Å². The fourth-order valence-electron chi connectivity index (χ4n) is 2.66. The largest absolute Gasteiger partial charge is 0.448 e. The predicted octanol–water partition coefficient (Wildman–Crippen LogP) is 4.55. The van der Waals surface area contributed by atoms with Crippen LogP contribution in [0, 0.1) is 5.82 Å². The molecule has 144 valence electrons. The minimum absolute atomic E-state index is 0.117. The SMILES string of the molecule is CCN(C(=O)[C@@H](C)OC(=O)c1csc(-c2ccc(F)cc2)n1)c1ccccc1. The number of thiazole rings is 1. The van der Waals surface area contributed by atoms with Crippen LogP contribution in [0.15, 0.2) is 60.0 Å². The second-order valence-corrected chi connectivity index (χ2v) is 6.87. The molecule has 0 saturated carbocycles. The number of halogens is 1. The van der Waals surface area contributed by atoms with Crippen LogP contribution in [0.4, 0.5) is 10.1 Å². The number of carbonyl (C=O) groups excluding carboxylic acids is 2. The first-order valence-corrected chi connectivity index (χ1v) is 9.66. The summed E-state index contributed by atoms with van der Waals surface area (Å²) in [5.74, 6) is -1.32. The number of benzene rings is 2. The van der Waals surface area contributed by atoms with Crippen LogP contribution in [0.1, 0.15) is 24.3 Å². The van der Waals surface area contributed by atoms with Crippen molar-refractivity contribution in [2.45, 2.75) is 20.0 Å². The summed E-state index contributed by atoms with van der Waals surface area (Å²) < 4.78 is 18.4. The molecule has 0 bridgehead atoms. The Bertz CT molecular complexity index is 957. The molecule has 0 fully saturated rings. The predicted molar refractivity (Wildman–Crippen MR) is 107 cm³/mol. The molecule has 5 nitrogen and oxygen atoms in total. The van der Waals surface area contributed by atoms with E-state index >= 15 is 0 Å². The number of likely N-dealkylation sites (N-methyl/N-ethyl adjacent to an activating group) is 1. The molecular formula is C21H19FN2O3S. The Hall–Kier alpha value is -3.06. The molecule has 3 rings (SSSR count). The zero-order chi connectivity index (χ0) is 20.1. The monoisotopic (exact) mass is 398 g/mol. The van der Waals surface area contributed by atoms with Gasteiger partial charge in [0.25, 0.3) is 5.91 Å². The van der Waals surface area contributed by atoms with Crippen molar-refractivity contribution in [1.82, 2.24) is 4.98 Å². The summed E-state index contributed by atoms with van der Waals surface area (Å²) in [5.41, 5.74) is 1.56. The summed E-state index contributed by atoms with van der Waals surface area (Å²) in [7, 11) is 0. The van der Waals surface area contributed by atoms with Gasteiger partial charge in [0.15, 0.2) is 11.8 Å². The lowest BCUT2D eigenvalue weighted by atomic mass is 10.2. The van der Waals surface area contributed by atoms with Crippen molar-refractivity contribution in [2.24, 2.45) is 0 Å². The van der Waals surface area contributed by atoms with E-state index in [0.29, 0.717) is 17.1 Å². The molecule has 0 spiro atoms. The normalized spacial score (nSPS) is 11.7. The molecule has 0 saturated heterocycles. The number of hydrogen-bond donors (Lipinski definition) is 0. The Kier molecular flexibility index (Phi) is 6.16.